The molecule has 0 aliphatic rings. The van der Waals surface area contributed by atoms with Gasteiger partial charge in [0, 0.05) is 0 Å². The fourth-order valence-corrected chi connectivity index (χ4v) is 0.842. The van der Waals surface area contributed by atoms with Gasteiger partial charge in [-0.3, -0.25) is 0 Å². The van der Waals surface area contributed by atoms with Gasteiger partial charge in [0.05, 0.1) is 17.6 Å². The summed E-state index contributed by atoms with van der Waals surface area (Å²) in [6.07, 6.45) is 0. The molecule has 0 aromatic heterocycles. The Kier molecular flexibility index (Phi) is 2.54. The third-order valence-corrected chi connectivity index (χ3v) is 1.25. The molecule has 10 heavy (non-hydrogen) atoms. The molecule has 0 radical (unpaired) electrons. The van der Waals surface area contributed by atoms with Crippen LogP contribution in [0, 0.1) is 6.92 Å². The van der Waals surface area contributed by atoms with Crippen molar-refractivity contribution < 1.29 is 4.39 Å². The molecule has 1 aromatic carbocycles. The first-order valence-corrected chi connectivity index (χ1v) is 3.24. The van der Waals surface area contributed by atoms with Crippen molar-refractivity contribution >= 4 is 17.6 Å². The molecule has 0 aliphatic heterocycles. The predicted molar refractivity (Wildman–Crippen MR) is 41.7 cm³/mol. The molecule has 0 aliphatic carbocycles. The van der Waals surface area contributed by atoms with Crippen molar-refractivity contribution in [3.05, 3.63) is 29.8 Å². The third-order valence-electron chi connectivity index (χ3n) is 1.17. The Morgan fingerprint density at radius 2 is 2.30 bits per heavy atom. The van der Waals surface area contributed by atoms with E-state index in [4.69, 9.17) is 11.9 Å². The predicted octanol–water partition coefficient (Wildman–Crippen LogP) is 2.49. The zero-order valence-corrected chi connectivity index (χ0v) is 6.35. The molecule has 0 bridgehead atoms. The Morgan fingerprint density at radius 3 is 2.90 bits per heavy atom. The summed E-state index contributed by atoms with van der Waals surface area (Å²) in [7, 11) is 0. The summed E-state index contributed by atoms with van der Waals surface area (Å²) >= 11 is 4.98. The van der Waals surface area contributed by atoms with Gasteiger partial charge < -0.3 is 0 Å². The number of halogens is 1. The van der Waals surface area contributed by atoms with Crippen LogP contribution in [0.2, 0.25) is 0 Å². The molecule has 0 saturated heterocycles. The van der Waals surface area contributed by atoms with Crippen LogP contribution in [0.1, 0.15) is 5.56 Å². The average Bonchev–Trinajstić information content (AvgIpc) is 1.88. The summed E-state index contributed by atoms with van der Waals surface area (Å²) in [5.41, 5.74) is 4.54. The fourth-order valence-electron chi connectivity index (χ4n) is 0.753. The monoisotopic (exact) mass is 157 g/mol. The van der Waals surface area contributed by atoms with E-state index >= 15 is 0 Å². The van der Waals surface area contributed by atoms with Crippen molar-refractivity contribution in [3.8, 4) is 0 Å². The van der Waals surface area contributed by atoms with Crippen molar-refractivity contribution in [2.24, 2.45) is 0 Å². The van der Waals surface area contributed by atoms with Crippen LogP contribution in [0.3, 0.4) is 0 Å². The van der Waals surface area contributed by atoms with Crippen molar-refractivity contribution in [1.82, 2.24) is 0 Å². The molecule has 0 atom stereocenters. The van der Waals surface area contributed by atoms with Crippen LogP contribution >= 0.6 is 11.9 Å². The highest BCUT2D eigenvalue weighted by atomic mass is 35.5. The SMILES string of the molecule is Cc1cccc(NOCl)c1. The summed E-state index contributed by atoms with van der Waals surface area (Å²) in [6.45, 7) is 2.00. The zero-order valence-electron chi connectivity index (χ0n) is 5.60. The van der Waals surface area contributed by atoms with E-state index in [0.717, 1.165) is 5.69 Å². The maximum Gasteiger partial charge on any atom is 0.0911 e. The summed E-state index contributed by atoms with van der Waals surface area (Å²) in [5.74, 6) is 0. The van der Waals surface area contributed by atoms with Crippen molar-refractivity contribution in [2.75, 3.05) is 5.48 Å². The molecule has 3 heteroatoms. The third kappa shape index (κ3) is 1.90. The van der Waals surface area contributed by atoms with E-state index in [1.807, 2.05) is 31.2 Å². The summed E-state index contributed by atoms with van der Waals surface area (Å²) < 4.78 is 4.21. The molecule has 1 aromatic rings. The highest BCUT2D eigenvalue weighted by Crippen LogP contribution is 2.09. The van der Waals surface area contributed by atoms with Crippen molar-refractivity contribution in [1.29, 1.82) is 0 Å². The number of rotatable bonds is 2. The van der Waals surface area contributed by atoms with E-state index in [1.165, 1.54) is 5.56 Å². The topological polar surface area (TPSA) is 21.3 Å². The Balaban J connectivity index is 2.75. The second-order valence-electron chi connectivity index (χ2n) is 2.05. The molecule has 2 nitrogen and oxygen atoms in total. The maximum absolute atomic E-state index is 4.98. The van der Waals surface area contributed by atoms with Gasteiger partial charge in [-0.05, 0) is 24.6 Å². The molecule has 1 rings (SSSR count). The lowest BCUT2D eigenvalue weighted by atomic mass is 10.2. The number of aryl methyl sites for hydroxylation is 1. The van der Waals surface area contributed by atoms with E-state index in [9.17, 15) is 0 Å². The van der Waals surface area contributed by atoms with Gasteiger partial charge in [0.25, 0.3) is 0 Å². The molecule has 1 N–H and O–H groups in total. The minimum Gasteiger partial charge on any atom is -0.248 e. The van der Waals surface area contributed by atoms with Gasteiger partial charge in [-0.25, -0.2) is 5.48 Å². The molecule has 0 amide bonds. The average molecular weight is 158 g/mol. The Labute approximate surface area is 64.9 Å². The van der Waals surface area contributed by atoms with Crippen LogP contribution in [0.15, 0.2) is 24.3 Å². The van der Waals surface area contributed by atoms with E-state index in [2.05, 4.69) is 9.87 Å². The Bertz CT molecular complexity index is 215. The molecular formula is C7H8ClNO. The fraction of sp³-hybridized carbons (Fsp3) is 0.143. The van der Waals surface area contributed by atoms with Gasteiger partial charge in [-0.2, -0.15) is 4.39 Å². The molecule has 54 valence electrons. The van der Waals surface area contributed by atoms with Crippen LogP contribution in [-0.4, -0.2) is 0 Å². The summed E-state index contributed by atoms with van der Waals surface area (Å²) in [5, 5.41) is 0. The lowest BCUT2D eigenvalue weighted by Crippen LogP contribution is -1.90. The lowest BCUT2D eigenvalue weighted by Gasteiger charge is -1.99. The van der Waals surface area contributed by atoms with Crippen LogP contribution in [0.5, 0.6) is 0 Å². The minimum absolute atomic E-state index is 0.856. The number of anilines is 1. The number of benzene rings is 1. The zero-order chi connectivity index (χ0) is 7.40. The quantitative estimate of drug-likeness (QED) is 0.666. The summed E-state index contributed by atoms with van der Waals surface area (Å²) in [6, 6.07) is 7.73. The Morgan fingerprint density at radius 1 is 1.50 bits per heavy atom. The van der Waals surface area contributed by atoms with Crippen molar-refractivity contribution in [3.63, 3.8) is 0 Å². The molecule has 0 spiro atoms. The molecule has 0 heterocycles. The Hall–Kier alpha value is -0.730. The van der Waals surface area contributed by atoms with Gasteiger partial charge in [0.15, 0.2) is 0 Å². The first-order valence-electron chi connectivity index (χ1n) is 2.93. The maximum atomic E-state index is 4.98. The van der Waals surface area contributed by atoms with Crippen molar-refractivity contribution in [2.45, 2.75) is 6.92 Å². The standard InChI is InChI=1S/C7H8ClNO/c1-6-3-2-4-7(5-6)9-10-8/h2-5,9H,1H3. The van der Waals surface area contributed by atoms with E-state index < -0.39 is 0 Å². The number of hydrogen-bond acceptors (Lipinski definition) is 2. The molecule has 0 fully saturated rings. The summed E-state index contributed by atoms with van der Waals surface area (Å²) in [4.78, 5) is 0. The first-order chi connectivity index (χ1) is 4.83. The first kappa shape index (κ1) is 7.38. The minimum atomic E-state index is 0.856. The van der Waals surface area contributed by atoms with Gasteiger partial charge in [-0.1, -0.05) is 12.1 Å². The lowest BCUT2D eigenvalue weighted by molar-refractivity contribution is 0.451. The molecule has 0 unspecified atom stereocenters. The largest absolute Gasteiger partial charge is 0.248 e. The normalized spacial score (nSPS) is 9.40. The number of nitrogens with one attached hydrogen (secondary N) is 1. The van der Waals surface area contributed by atoms with Gasteiger partial charge >= 0.3 is 0 Å². The second-order valence-corrected chi connectivity index (χ2v) is 2.20. The van der Waals surface area contributed by atoms with E-state index in [0.29, 0.717) is 0 Å². The van der Waals surface area contributed by atoms with E-state index in [-0.39, 0.29) is 0 Å². The number of hydrogen-bond donors (Lipinski definition) is 1. The molecular weight excluding hydrogens is 150 g/mol. The van der Waals surface area contributed by atoms with E-state index in [1.54, 1.807) is 0 Å². The van der Waals surface area contributed by atoms with Gasteiger partial charge in [0.1, 0.15) is 0 Å². The van der Waals surface area contributed by atoms with Crippen LogP contribution < -0.4 is 5.48 Å². The van der Waals surface area contributed by atoms with Crippen LogP contribution in [0.25, 0.3) is 0 Å². The van der Waals surface area contributed by atoms with Crippen LogP contribution in [0.4, 0.5) is 5.69 Å². The highest BCUT2D eigenvalue weighted by Gasteiger charge is 1.88. The molecule has 0 saturated carbocycles. The second kappa shape index (κ2) is 3.44. The highest BCUT2D eigenvalue weighted by molar-refractivity contribution is 6.07. The van der Waals surface area contributed by atoms with Crippen LogP contribution in [-0.2, 0) is 4.39 Å². The van der Waals surface area contributed by atoms with Gasteiger partial charge in [-0.15, -0.1) is 0 Å². The smallest absolute Gasteiger partial charge is 0.0911 e. The van der Waals surface area contributed by atoms with Gasteiger partial charge in [0.2, 0.25) is 0 Å².